The predicted molar refractivity (Wildman–Crippen MR) is 137 cm³/mol. The van der Waals surface area contributed by atoms with Crippen LogP contribution in [0.1, 0.15) is 29.5 Å². The zero-order valence-electron chi connectivity index (χ0n) is 19.5. The molecule has 0 bridgehead atoms. The summed E-state index contributed by atoms with van der Waals surface area (Å²) < 4.78 is 18.0. The average molecular weight is 499 g/mol. The molecule has 36 heavy (non-hydrogen) atoms. The molecule has 0 saturated carbocycles. The third kappa shape index (κ3) is 4.23. The van der Waals surface area contributed by atoms with Crippen LogP contribution in [0.4, 0.5) is 0 Å². The molecule has 1 aliphatic rings. The number of nitriles is 1. The first-order valence-corrected chi connectivity index (χ1v) is 11.8. The molecule has 7 nitrogen and oxygen atoms in total. The summed E-state index contributed by atoms with van der Waals surface area (Å²) in [6.45, 7) is 2.55. The Bertz CT molecular complexity index is 1470. The highest BCUT2D eigenvalue weighted by atomic mass is 35.5. The van der Waals surface area contributed by atoms with Crippen LogP contribution in [0.15, 0.2) is 84.3 Å². The summed E-state index contributed by atoms with van der Waals surface area (Å²) in [5, 5.41) is 18.2. The Hall–Kier alpha value is -4.41. The van der Waals surface area contributed by atoms with Gasteiger partial charge in [-0.1, -0.05) is 72.3 Å². The molecular weight excluding hydrogens is 476 g/mol. The fourth-order valence-corrected chi connectivity index (χ4v) is 4.52. The maximum absolute atomic E-state index is 10.1. The fraction of sp³-hybridized carbons (Fsp3) is 0.143. The molecule has 0 saturated heterocycles. The molecule has 1 unspecified atom stereocenters. The molecule has 8 heteroatoms. The maximum atomic E-state index is 10.1. The van der Waals surface area contributed by atoms with Gasteiger partial charge in [0.2, 0.25) is 11.8 Å². The van der Waals surface area contributed by atoms with E-state index in [1.54, 1.807) is 0 Å². The second-order valence-electron chi connectivity index (χ2n) is 8.10. The van der Waals surface area contributed by atoms with Gasteiger partial charge in [-0.05, 0) is 24.6 Å². The second-order valence-corrected chi connectivity index (χ2v) is 8.50. The van der Waals surface area contributed by atoms with Gasteiger partial charge < -0.3 is 19.9 Å². The number of aromatic amines is 1. The summed E-state index contributed by atoms with van der Waals surface area (Å²) in [5.41, 5.74) is 10.3. The minimum Gasteiger partial charge on any atom is -0.490 e. The van der Waals surface area contributed by atoms with Gasteiger partial charge in [0, 0.05) is 16.1 Å². The van der Waals surface area contributed by atoms with Gasteiger partial charge in [-0.3, -0.25) is 5.10 Å². The van der Waals surface area contributed by atoms with Gasteiger partial charge in [-0.15, -0.1) is 5.10 Å². The van der Waals surface area contributed by atoms with Gasteiger partial charge in [0.15, 0.2) is 11.5 Å². The van der Waals surface area contributed by atoms with Crippen molar-refractivity contribution in [3.05, 3.63) is 106 Å². The Morgan fingerprint density at radius 3 is 2.58 bits per heavy atom. The summed E-state index contributed by atoms with van der Waals surface area (Å²) in [6.07, 6.45) is 0. The number of ether oxygens (including phenoxy) is 3. The van der Waals surface area contributed by atoms with E-state index in [2.05, 4.69) is 16.3 Å². The number of nitrogens with two attached hydrogens (primary N) is 1. The molecule has 1 aromatic heterocycles. The van der Waals surface area contributed by atoms with E-state index < -0.39 is 5.92 Å². The lowest BCUT2D eigenvalue weighted by Crippen LogP contribution is -2.21. The highest BCUT2D eigenvalue weighted by molar-refractivity contribution is 6.31. The van der Waals surface area contributed by atoms with E-state index in [4.69, 9.17) is 31.5 Å². The Morgan fingerprint density at radius 1 is 1.06 bits per heavy atom. The second kappa shape index (κ2) is 10.1. The number of allylic oxidation sites excluding steroid dienone is 1. The smallest absolute Gasteiger partial charge is 0.244 e. The van der Waals surface area contributed by atoms with Gasteiger partial charge in [-0.2, -0.15) is 5.26 Å². The van der Waals surface area contributed by atoms with Crippen molar-refractivity contribution < 1.29 is 14.2 Å². The number of fused-ring (bicyclic) bond motifs is 1. The summed E-state index contributed by atoms with van der Waals surface area (Å²) in [5.74, 6) is 0.761. The first-order valence-electron chi connectivity index (χ1n) is 11.5. The molecule has 0 amide bonds. The molecule has 180 valence electrons. The average Bonchev–Trinajstić information content (AvgIpc) is 3.32. The van der Waals surface area contributed by atoms with Crippen molar-refractivity contribution in [2.24, 2.45) is 5.73 Å². The number of nitrogens with zero attached hydrogens (tertiary/aromatic N) is 2. The molecule has 4 aromatic rings. The van der Waals surface area contributed by atoms with Gasteiger partial charge in [0.05, 0.1) is 23.8 Å². The maximum Gasteiger partial charge on any atom is 0.244 e. The van der Waals surface area contributed by atoms with Crippen LogP contribution in [0.25, 0.3) is 11.3 Å². The van der Waals surface area contributed by atoms with E-state index in [1.165, 1.54) is 0 Å². The molecule has 0 radical (unpaired) electrons. The molecular formula is C28H23ClN4O3. The van der Waals surface area contributed by atoms with Crippen molar-refractivity contribution in [3.63, 3.8) is 0 Å². The lowest BCUT2D eigenvalue weighted by Gasteiger charge is -2.26. The number of aromatic nitrogens is 2. The molecule has 3 aromatic carbocycles. The summed E-state index contributed by atoms with van der Waals surface area (Å²) in [4.78, 5) is 0. The lowest BCUT2D eigenvalue weighted by molar-refractivity contribution is 0.266. The van der Waals surface area contributed by atoms with E-state index in [0.29, 0.717) is 40.1 Å². The van der Waals surface area contributed by atoms with Crippen LogP contribution in [0, 0.1) is 11.3 Å². The van der Waals surface area contributed by atoms with Crippen LogP contribution in [-0.4, -0.2) is 16.8 Å². The minimum absolute atomic E-state index is 0.0000200. The molecule has 3 N–H and O–H groups in total. The Balaban J connectivity index is 1.68. The number of para-hydroxylation sites is 1. The summed E-state index contributed by atoms with van der Waals surface area (Å²) >= 11 is 6.38. The van der Waals surface area contributed by atoms with Crippen molar-refractivity contribution in [2.75, 3.05) is 6.61 Å². The van der Waals surface area contributed by atoms with E-state index in [1.807, 2.05) is 79.7 Å². The zero-order valence-corrected chi connectivity index (χ0v) is 20.3. The number of hydrogen-bond donors (Lipinski definition) is 2. The van der Waals surface area contributed by atoms with Gasteiger partial charge in [0.1, 0.15) is 18.2 Å². The molecule has 2 heterocycles. The fourth-order valence-electron chi connectivity index (χ4n) is 4.33. The highest BCUT2D eigenvalue weighted by Gasteiger charge is 2.38. The molecule has 0 fully saturated rings. The highest BCUT2D eigenvalue weighted by Crippen LogP contribution is 2.49. The first kappa shape index (κ1) is 23.3. The van der Waals surface area contributed by atoms with Gasteiger partial charge >= 0.3 is 0 Å². The summed E-state index contributed by atoms with van der Waals surface area (Å²) in [7, 11) is 0. The number of H-pyrrole nitrogens is 1. The standard InChI is InChI=1S/C28H23ClN4O3/c1-2-34-22-14-8-12-19(26(22)35-16-18-11-6-7-13-21(18)29)23-20(15-30)27(31)36-28-24(23)25(32-33-28)17-9-4-3-5-10-17/h3-14,23H,2,16,31H2,1H3,(H,32,33). The Labute approximate surface area is 213 Å². The van der Waals surface area contributed by atoms with Crippen LogP contribution < -0.4 is 19.9 Å². The van der Waals surface area contributed by atoms with Gasteiger partial charge in [-0.25, -0.2) is 0 Å². The normalized spacial score (nSPS) is 14.5. The van der Waals surface area contributed by atoms with Crippen molar-refractivity contribution >= 4 is 11.6 Å². The van der Waals surface area contributed by atoms with Gasteiger partial charge in [0.25, 0.3) is 0 Å². The Kier molecular flexibility index (Phi) is 6.52. The molecule has 5 rings (SSSR count). The third-order valence-electron chi connectivity index (χ3n) is 5.95. The van der Waals surface area contributed by atoms with Crippen LogP contribution in [-0.2, 0) is 6.61 Å². The van der Waals surface area contributed by atoms with Crippen molar-refractivity contribution in [3.8, 4) is 34.7 Å². The van der Waals surface area contributed by atoms with Crippen molar-refractivity contribution in [1.29, 1.82) is 5.26 Å². The quantitative estimate of drug-likeness (QED) is 0.327. The number of benzene rings is 3. The third-order valence-corrected chi connectivity index (χ3v) is 6.32. The topological polar surface area (TPSA) is 106 Å². The lowest BCUT2D eigenvalue weighted by atomic mass is 9.82. The van der Waals surface area contributed by atoms with E-state index in [9.17, 15) is 5.26 Å². The van der Waals surface area contributed by atoms with E-state index >= 15 is 0 Å². The van der Waals surface area contributed by atoms with E-state index in [-0.39, 0.29) is 18.1 Å². The molecule has 0 spiro atoms. The molecule has 1 atom stereocenters. The van der Waals surface area contributed by atoms with E-state index in [0.717, 1.165) is 16.8 Å². The number of hydrogen-bond acceptors (Lipinski definition) is 6. The van der Waals surface area contributed by atoms with Crippen LogP contribution >= 0.6 is 11.6 Å². The predicted octanol–water partition coefficient (Wildman–Crippen LogP) is 5.93. The molecule has 0 aliphatic carbocycles. The van der Waals surface area contributed by atoms with Crippen molar-refractivity contribution in [1.82, 2.24) is 10.2 Å². The SMILES string of the molecule is CCOc1cccc(C2C(C#N)=C(N)Oc3n[nH]c(-c4ccccc4)c32)c1OCc1ccccc1Cl. The zero-order chi connectivity index (χ0) is 25.1. The molecule has 1 aliphatic heterocycles. The Morgan fingerprint density at radius 2 is 1.83 bits per heavy atom. The van der Waals surface area contributed by atoms with Crippen molar-refractivity contribution in [2.45, 2.75) is 19.4 Å². The number of halogens is 1. The largest absolute Gasteiger partial charge is 0.490 e. The first-order chi connectivity index (χ1) is 17.6. The minimum atomic E-state index is -0.602. The van der Waals surface area contributed by atoms with Crippen LogP contribution in [0.3, 0.4) is 0 Å². The number of nitrogens with one attached hydrogen (secondary N) is 1. The van der Waals surface area contributed by atoms with Crippen LogP contribution in [0.5, 0.6) is 17.4 Å². The monoisotopic (exact) mass is 498 g/mol. The summed E-state index contributed by atoms with van der Waals surface area (Å²) in [6, 6.07) is 25.1. The number of rotatable bonds is 7. The van der Waals surface area contributed by atoms with Crippen LogP contribution in [0.2, 0.25) is 5.02 Å².